The Kier molecular flexibility index (Phi) is 3.67. The molecular formula is C12H17BrS. The van der Waals surface area contributed by atoms with Crippen LogP contribution in [0.25, 0.3) is 0 Å². The van der Waals surface area contributed by atoms with Crippen LogP contribution in [0.15, 0.2) is 17.5 Å². The molecule has 3 atom stereocenters. The van der Waals surface area contributed by atoms with E-state index in [1.54, 1.807) is 4.88 Å². The Balaban J connectivity index is 1.81. The summed E-state index contributed by atoms with van der Waals surface area (Å²) < 4.78 is 0. The first-order chi connectivity index (χ1) is 6.77. The largest absolute Gasteiger partial charge is 0.149 e. The molecule has 14 heavy (non-hydrogen) atoms. The zero-order valence-corrected chi connectivity index (χ0v) is 11.0. The highest BCUT2D eigenvalue weighted by molar-refractivity contribution is 9.09. The highest BCUT2D eigenvalue weighted by atomic mass is 79.9. The Hall–Kier alpha value is 0.180. The summed E-state index contributed by atoms with van der Waals surface area (Å²) in [6.07, 6.45) is 5.45. The molecule has 1 fully saturated rings. The topological polar surface area (TPSA) is 0 Å². The van der Waals surface area contributed by atoms with Crippen molar-refractivity contribution in [3.8, 4) is 0 Å². The summed E-state index contributed by atoms with van der Waals surface area (Å²) >= 11 is 5.66. The van der Waals surface area contributed by atoms with Gasteiger partial charge in [0.15, 0.2) is 0 Å². The summed E-state index contributed by atoms with van der Waals surface area (Å²) in [5, 5.41) is 2.18. The molecule has 2 rings (SSSR count). The number of alkyl halides is 1. The molecule has 1 saturated carbocycles. The van der Waals surface area contributed by atoms with Crippen LogP contribution in [0.1, 0.15) is 31.1 Å². The average molecular weight is 273 g/mol. The number of hydrogen-bond donors (Lipinski definition) is 0. The molecule has 0 spiro atoms. The molecule has 78 valence electrons. The predicted octanol–water partition coefficient (Wildman–Crippen LogP) is 4.49. The molecule has 3 unspecified atom stereocenters. The van der Waals surface area contributed by atoms with E-state index in [1.165, 1.54) is 25.7 Å². The third-order valence-corrected chi connectivity index (χ3v) is 5.70. The summed E-state index contributed by atoms with van der Waals surface area (Å²) in [5.74, 6) is 1.82. The van der Waals surface area contributed by atoms with Crippen molar-refractivity contribution in [3.05, 3.63) is 22.4 Å². The summed E-state index contributed by atoms with van der Waals surface area (Å²) in [4.78, 5) is 2.33. The standard InChI is InChI=1S/C12H17BrS/c1-9-10(5-7-12(9)13)4-6-11-3-2-8-14-11/h2-3,8-10,12H,4-7H2,1H3. The fraction of sp³-hybridized carbons (Fsp3) is 0.667. The van der Waals surface area contributed by atoms with E-state index in [4.69, 9.17) is 0 Å². The molecule has 1 aromatic rings. The van der Waals surface area contributed by atoms with Gasteiger partial charge in [-0.15, -0.1) is 11.3 Å². The van der Waals surface area contributed by atoms with Gasteiger partial charge in [0.2, 0.25) is 0 Å². The average Bonchev–Trinajstić information content (AvgIpc) is 2.77. The van der Waals surface area contributed by atoms with Crippen LogP contribution in [0.2, 0.25) is 0 Å². The van der Waals surface area contributed by atoms with Crippen molar-refractivity contribution in [1.82, 2.24) is 0 Å². The van der Waals surface area contributed by atoms with E-state index in [0.717, 1.165) is 16.7 Å². The lowest BCUT2D eigenvalue weighted by Gasteiger charge is -2.16. The SMILES string of the molecule is CC1C(Br)CCC1CCc1cccs1. The zero-order chi connectivity index (χ0) is 9.97. The van der Waals surface area contributed by atoms with Gasteiger partial charge in [0.05, 0.1) is 0 Å². The van der Waals surface area contributed by atoms with E-state index in [9.17, 15) is 0 Å². The predicted molar refractivity (Wildman–Crippen MR) is 67.2 cm³/mol. The molecule has 1 heterocycles. The van der Waals surface area contributed by atoms with Crippen molar-refractivity contribution in [2.75, 3.05) is 0 Å². The summed E-state index contributed by atoms with van der Waals surface area (Å²) in [6.45, 7) is 2.39. The van der Waals surface area contributed by atoms with Gasteiger partial charge in [-0.25, -0.2) is 0 Å². The third kappa shape index (κ3) is 2.40. The molecule has 0 amide bonds. The first-order valence-electron chi connectivity index (χ1n) is 5.44. The first-order valence-corrected chi connectivity index (χ1v) is 7.23. The van der Waals surface area contributed by atoms with Crippen molar-refractivity contribution in [3.63, 3.8) is 0 Å². The monoisotopic (exact) mass is 272 g/mol. The normalized spacial score (nSPS) is 32.3. The molecule has 0 nitrogen and oxygen atoms in total. The molecule has 0 bridgehead atoms. The van der Waals surface area contributed by atoms with Gasteiger partial charge in [0.1, 0.15) is 0 Å². The second kappa shape index (κ2) is 4.80. The smallest absolute Gasteiger partial charge is 0.0174 e. The van der Waals surface area contributed by atoms with Gasteiger partial charge in [0, 0.05) is 9.70 Å². The number of hydrogen-bond acceptors (Lipinski definition) is 1. The molecule has 0 saturated heterocycles. The minimum atomic E-state index is 0.774. The maximum absolute atomic E-state index is 3.77. The fourth-order valence-corrected chi connectivity index (χ4v) is 3.80. The minimum Gasteiger partial charge on any atom is -0.149 e. The molecular weight excluding hydrogens is 256 g/mol. The van der Waals surface area contributed by atoms with Crippen molar-refractivity contribution < 1.29 is 0 Å². The van der Waals surface area contributed by atoms with Crippen LogP contribution in [0, 0.1) is 11.8 Å². The molecule has 1 aliphatic carbocycles. The van der Waals surface area contributed by atoms with Gasteiger partial charge in [-0.3, -0.25) is 0 Å². The van der Waals surface area contributed by atoms with E-state index >= 15 is 0 Å². The van der Waals surface area contributed by atoms with E-state index in [-0.39, 0.29) is 0 Å². The Morgan fingerprint density at radius 2 is 2.36 bits per heavy atom. The highest BCUT2D eigenvalue weighted by Crippen LogP contribution is 2.39. The number of aryl methyl sites for hydroxylation is 1. The van der Waals surface area contributed by atoms with Crippen LogP contribution >= 0.6 is 27.3 Å². The van der Waals surface area contributed by atoms with Crippen LogP contribution in [0.5, 0.6) is 0 Å². The molecule has 0 aliphatic heterocycles. The summed E-state index contributed by atoms with van der Waals surface area (Å²) in [7, 11) is 0. The molecule has 1 aromatic heterocycles. The lowest BCUT2D eigenvalue weighted by molar-refractivity contribution is 0.398. The van der Waals surface area contributed by atoms with Crippen molar-refractivity contribution in [1.29, 1.82) is 0 Å². The molecule has 0 radical (unpaired) electrons. The maximum atomic E-state index is 3.77. The van der Waals surface area contributed by atoms with Crippen LogP contribution in [0.3, 0.4) is 0 Å². The summed E-state index contributed by atoms with van der Waals surface area (Å²) in [5.41, 5.74) is 0. The van der Waals surface area contributed by atoms with Gasteiger partial charge in [0.25, 0.3) is 0 Å². The highest BCUT2D eigenvalue weighted by Gasteiger charge is 2.30. The lowest BCUT2D eigenvalue weighted by Crippen LogP contribution is -2.11. The molecule has 2 heteroatoms. The second-order valence-corrected chi connectivity index (χ2v) is 6.54. The fourth-order valence-electron chi connectivity index (χ4n) is 2.38. The number of halogens is 1. The third-order valence-electron chi connectivity index (χ3n) is 3.47. The van der Waals surface area contributed by atoms with Crippen LogP contribution in [-0.4, -0.2) is 4.83 Å². The van der Waals surface area contributed by atoms with Crippen LogP contribution in [-0.2, 0) is 6.42 Å². The first kappa shape index (κ1) is 10.7. The van der Waals surface area contributed by atoms with Gasteiger partial charge < -0.3 is 0 Å². The summed E-state index contributed by atoms with van der Waals surface area (Å²) in [6, 6.07) is 4.42. The molecule has 0 aromatic carbocycles. The van der Waals surface area contributed by atoms with Gasteiger partial charge >= 0.3 is 0 Å². The Morgan fingerprint density at radius 1 is 1.50 bits per heavy atom. The van der Waals surface area contributed by atoms with Crippen molar-refractivity contribution in [2.24, 2.45) is 11.8 Å². The number of thiophene rings is 1. The maximum Gasteiger partial charge on any atom is 0.0174 e. The van der Waals surface area contributed by atoms with Crippen molar-refractivity contribution in [2.45, 2.75) is 37.4 Å². The van der Waals surface area contributed by atoms with Gasteiger partial charge in [-0.05, 0) is 49.0 Å². The Labute approximate surface area is 98.9 Å². The van der Waals surface area contributed by atoms with Gasteiger partial charge in [-0.1, -0.05) is 28.9 Å². The minimum absolute atomic E-state index is 0.774. The van der Waals surface area contributed by atoms with Gasteiger partial charge in [-0.2, -0.15) is 0 Å². The number of rotatable bonds is 3. The van der Waals surface area contributed by atoms with E-state index in [1.807, 2.05) is 11.3 Å². The second-order valence-electron chi connectivity index (χ2n) is 4.33. The lowest BCUT2D eigenvalue weighted by atomic mass is 9.93. The van der Waals surface area contributed by atoms with E-state index in [0.29, 0.717) is 0 Å². The Morgan fingerprint density at radius 3 is 2.93 bits per heavy atom. The quantitative estimate of drug-likeness (QED) is 0.712. The molecule has 1 aliphatic rings. The van der Waals surface area contributed by atoms with Crippen LogP contribution < -0.4 is 0 Å². The molecule has 0 N–H and O–H groups in total. The van der Waals surface area contributed by atoms with Crippen molar-refractivity contribution >= 4 is 27.3 Å². The Bertz CT molecular complexity index is 268. The van der Waals surface area contributed by atoms with Crippen LogP contribution in [0.4, 0.5) is 0 Å². The van der Waals surface area contributed by atoms with E-state index in [2.05, 4.69) is 40.4 Å². The zero-order valence-electron chi connectivity index (χ0n) is 8.58. The van der Waals surface area contributed by atoms with E-state index < -0.39 is 0 Å².